The number of aliphatic hydroxyl groups is 1. The predicted octanol–water partition coefficient (Wildman–Crippen LogP) is 0.0431. The van der Waals surface area contributed by atoms with Gasteiger partial charge in [0, 0.05) is 0 Å². The molecule has 4 N–H and O–H groups in total. The van der Waals surface area contributed by atoms with E-state index >= 15 is 0 Å². The summed E-state index contributed by atoms with van der Waals surface area (Å²) in [5, 5.41) is 11.4. The van der Waals surface area contributed by atoms with Crippen molar-refractivity contribution in [1.82, 2.24) is 21.1 Å². The number of hydrogen-bond acceptors (Lipinski definition) is 5. The van der Waals surface area contributed by atoms with Crippen molar-refractivity contribution >= 4 is 23.8 Å². The molecule has 1 spiro atoms. The van der Waals surface area contributed by atoms with Gasteiger partial charge in [-0.05, 0) is 37.0 Å². The Hall–Kier alpha value is -2.16. The molecular weight excluding hydrogens is 340 g/mol. The predicted molar refractivity (Wildman–Crippen MR) is 92.4 cm³/mol. The van der Waals surface area contributed by atoms with Crippen LogP contribution in [0.1, 0.15) is 52.9 Å². The highest BCUT2D eigenvalue weighted by atomic mass is 16.3. The van der Waals surface area contributed by atoms with Crippen LogP contribution in [-0.2, 0) is 14.4 Å². The fourth-order valence-corrected chi connectivity index (χ4v) is 3.62. The molecule has 26 heavy (non-hydrogen) atoms. The normalized spacial score (nSPS) is 26.0. The lowest BCUT2D eigenvalue weighted by Gasteiger charge is -2.40. The second kappa shape index (κ2) is 7.61. The van der Waals surface area contributed by atoms with Crippen LogP contribution in [0.15, 0.2) is 0 Å². The van der Waals surface area contributed by atoms with Gasteiger partial charge >= 0.3 is 6.03 Å². The number of amides is 5. The highest BCUT2D eigenvalue weighted by Crippen LogP contribution is 2.43. The molecule has 0 aromatic heterocycles. The van der Waals surface area contributed by atoms with Crippen molar-refractivity contribution in [1.29, 1.82) is 0 Å². The second-order valence-corrected chi connectivity index (χ2v) is 8.11. The van der Waals surface area contributed by atoms with Crippen LogP contribution in [0.2, 0.25) is 0 Å². The summed E-state index contributed by atoms with van der Waals surface area (Å²) in [6.07, 6.45) is 2.65. The van der Waals surface area contributed by atoms with Crippen molar-refractivity contribution in [2.45, 2.75) is 58.4 Å². The van der Waals surface area contributed by atoms with Crippen LogP contribution in [0.4, 0.5) is 4.79 Å². The Labute approximate surface area is 152 Å². The zero-order chi connectivity index (χ0) is 19.5. The molecule has 1 aliphatic carbocycles. The molecule has 5 amide bonds. The van der Waals surface area contributed by atoms with Gasteiger partial charge < -0.3 is 10.4 Å². The maximum Gasteiger partial charge on any atom is 0.325 e. The molecule has 1 heterocycles. The van der Waals surface area contributed by atoms with E-state index in [2.05, 4.69) is 36.9 Å². The van der Waals surface area contributed by atoms with E-state index in [1.165, 1.54) is 0 Å². The van der Waals surface area contributed by atoms with E-state index in [1.54, 1.807) is 0 Å². The summed E-state index contributed by atoms with van der Waals surface area (Å²) in [7, 11) is 0. The molecule has 9 nitrogen and oxygen atoms in total. The fourth-order valence-electron chi connectivity index (χ4n) is 3.62. The average Bonchev–Trinajstić information content (AvgIpc) is 2.77. The molecule has 2 aliphatic rings. The maximum absolute atomic E-state index is 12.8. The molecule has 1 saturated carbocycles. The minimum absolute atomic E-state index is 0.151. The zero-order valence-corrected chi connectivity index (χ0v) is 15.6. The van der Waals surface area contributed by atoms with Crippen molar-refractivity contribution in [2.75, 3.05) is 13.2 Å². The molecule has 1 saturated heterocycles. The Kier molecular flexibility index (Phi) is 5.90. The number of nitrogens with one attached hydrogen (secondary N) is 3. The lowest BCUT2D eigenvalue weighted by atomic mass is 9.67. The average molecular weight is 368 g/mol. The Morgan fingerprint density at radius 1 is 1.19 bits per heavy atom. The summed E-state index contributed by atoms with van der Waals surface area (Å²) in [6, 6.07) is -0.582. The zero-order valence-electron chi connectivity index (χ0n) is 15.6. The fraction of sp³-hybridized carbons (Fsp3) is 0.765. The standard InChI is InChI=1S/C17H28N4O5/c1-16(2,3)11-4-7-17(8-5-11)14(25)21(15(26)18-17)10-13(24)20-19-12(23)6-9-22/h11,22H,4-10H2,1-3H3,(H,18,26)(H,19,23)(H,20,24). The Balaban J connectivity index is 1.93. The van der Waals surface area contributed by atoms with E-state index in [9.17, 15) is 19.2 Å². The van der Waals surface area contributed by atoms with Gasteiger partial charge in [-0.1, -0.05) is 20.8 Å². The van der Waals surface area contributed by atoms with Crippen molar-refractivity contribution < 1.29 is 24.3 Å². The van der Waals surface area contributed by atoms with E-state index in [0.717, 1.165) is 17.7 Å². The van der Waals surface area contributed by atoms with Crippen molar-refractivity contribution in [2.24, 2.45) is 11.3 Å². The van der Waals surface area contributed by atoms with Crippen molar-refractivity contribution in [3.8, 4) is 0 Å². The molecule has 0 aromatic rings. The van der Waals surface area contributed by atoms with Gasteiger partial charge in [0.25, 0.3) is 11.8 Å². The highest BCUT2D eigenvalue weighted by Gasteiger charge is 2.53. The largest absolute Gasteiger partial charge is 0.396 e. The number of imide groups is 1. The van der Waals surface area contributed by atoms with Crippen molar-refractivity contribution in [3.05, 3.63) is 0 Å². The Morgan fingerprint density at radius 2 is 1.77 bits per heavy atom. The lowest BCUT2D eigenvalue weighted by molar-refractivity contribution is -0.137. The van der Waals surface area contributed by atoms with Crippen LogP contribution in [0.5, 0.6) is 0 Å². The van der Waals surface area contributed by atoms with Crippen LogP contribution in [0.25, 0.3) is 0 Å². The summed E-state index contributed by atoms with van der Waals surface area (Å²) in [5.74, 6) is -1.14. The summed E-state index contributed by atoms with van der Waals surface area (Å²) >= 11 is 0. The minimum atomic E-state index is -0.917. The molecule has 0 aromatic carbocycles. The van der Waals surface area contributed by atoms with Gasteiger partial charge in [-0.3, -0.25) is 30.1 Å². The number of carbonyl (C=O) groups is 4. The molecule has 2 fully saturated rings. The van der Waals surface area contributed by atoms with Crippen LogP contribution >= 0.6 is 0 Å². The SMILES string of the molecule is CC(C)(C)C1CCC2(CC1)NC(=O)N(CC(=O)NNC(=O)CCO)C2=O. The molecule has 1 aliphatic heterocycles. The molecular formula is C17H28N4O5. The summed E-state index contributed by atoms with van der Waals surface area (Å²) < 4.78 is 0. The van der Waals surface area contributed by atoms with Gasteiger partial charge in [-0.15, -0.1) is 0 Å². The molecule has 146 valence electrons. The highest BCUT2D eigenvalue weighted by molar-refractivity contribution is 6.09. The monoisotopic (exact) mass is 368 g/mol. The quantitative estimate of drug-likeness (QED) is 0.412. The molecule has 0 unspecified atom stereocenters. The minimum Gasteiger partial charge on any atom is -0.396 e. The Morgan fingerprint density at radius 3 is 2.31 bits per heavy atom. The first-order valence-electron chi connectivity index (χ1n) is 8.92. The number of aliphatic hydroxyl groups excluding tert-OH is 1. The molecule has 9 heteroatoms. The summed E-state index contributed by atoms with van der Waals surface area (Å²) in [4.78, 5) is 49.0. The summed E-state index contributed by atoms with van der Waals surface area (Å²) in [5.41, 5.74) is 3.48. The molecule has 0 atom stereocenters. The number of carbonyl (C=O) groups excluding carboxylic acids is 4. The van der Waals surface area contributed by atoms with Crippen LogP contribution in [0.3, 0.4) is 0 Å². The van der Waals surface area contributed by atoms with Crippen LogP contribution in [0, 0.1) is 11.3 Å². The number of rotatable bonds is 4. The third kappa shape index (κ3) is 4.32. The third-order valence-corrected chi connectivity index (χ3v) is 5.29. The number of hydrogen-bond donors (Lipinski definition) is 4. The smallest absolute Gasteiger partial charge is 0.325 e. The summed E-state index contributed by atoms with van der Waals surface area (Å²) in [6.45, 7) is 5.71. The molecule has 2 rings (SSSR count). The lowest BCUT2D eigenvalue weighted by Crippen LogP contribution is -2.51. The van der Waals surface area contributed by atoms with Gasteiger partial charge in [-0.2, -0.15) is 0 Å². The first-order valence-corrected chi connectivity index (χ1v) is 8.92. The van der Waals surface area contributed by atoms with Crippen LogP contribution in [-0.4, -0.2) is 52.4 Å². The number of urea groups is 1. The van der Waals surface area contributed by atoms with Crippen LogP contribution < -0.4 is 16.2 Å². The third-order valence-electron chi connectivity index (χ3n) is 5.29. The van der Waals surface area contributed by atoms with Gasteiger partial charge in [0.2, 0.25) is 5.91 Å². The van der Waals surface area contributed by atoms with E-state index in [1.807, 2.05) is 0 Å². The van der Waals surface area contributed by atoms with Crippen molar-refractivity contribution in [3.63, 3.8) is 0 Å². The molecule has 0 bridgehead atoms. The van der Waals surface area contributed by atoms with Gasteiger partial charge in [-0.25, -0.2) is 4.79 Å². The van der Waals surface area contributed by atoms with Gasteiger partial charge in [0.1, 0.15) is 12.1 Å². The number of hydrazine groups is 1. The second-order valence-electron chi connectivity index (χ2n) is 8.11. The van der Waals surface area contributed by atoms with E-state index in [0.29, 0.717) is 18.8 Å². The number of nitrogens with zero attached hydrogens (tertiary/aromatic N) is 1. The van der Waals surface area contributed by atoms with Gasteiger partial charge in [0.15, 0.2) is 0 Å². The van der Waals surface area contributed by atoms with Gasteiger partial charge in [0.05, 0.1) is 13.0 Å². The van der Waals surface area contributed by atoms with E-state index < -0.39 is 29.9 Å². The Bertz CT molecular complexity index is 590. The first kappa shape index (κ1) is 20.2. The maximum atomic E-state index is 12.8. The first-order chi connectivity index (χ1) is 12.1. The molecule has 0 radical (unpaired) electrons. The van der Waals surface area contributed by atoms with E-state index in [-0.39, 0.29) is 24.3 Å². The van der Waals surface area contributed by atoms with E-state index in [4.69, 9.17) is 5.11 Å². The topological polar surface area (TPSA) is 128 Å².